The third-order valence-electron chi connectivity index (χ3n) is 5.04. The molecule has 0 unspecified atom stereocenters. The average molecular weight is 401 g/mol. The summed E-state index contributed by atoms with van der Waals surface area (Å²) in [6.45, 7) is 4.28. The molecule has 1 aliphatic rings. The predicted molar refractivity (Wildman–Crippen MR) is 106 cm³/mol. The van der Waals surface area contributed by atoms with Crippen LogP contribution in [-0.2, 0) is 13.1 Å². The van der Waals surface area contributed by atoms with Crippen molar-refractivity contribution in [1.29, 1.82) is 0 Å². The summed E-state index contributed by atoms with van der Waals surface area (Å²) >= 11 is 0. The third-order valence-corrected chi connectivity index (χ3v) is 5.04. The van der Waals surface area contributed by atoms with Gasteiger partial charge in [-0.1, -0.05) is 26.0 Å². The fraction of sp³-hybridized carbons (Fsp3) is 0.381. The van der Waals surface area contributed by atoms with Crippen LogP contribution in [0, 0.1) is 5.82 Å². The van der Waals surface area contributed by atoms with Crippen molar-refractivity contribution in [3.8, 4) is 5.75 Å². The van der Waals surface area contributed by atoms with E-state index < -0.39 is 23.0 Å². The largest absolute Gasteiger partial charge is 0.503 e. The van der Waals surface area contributed by atoms with Gasteiger partial charge < -0.3 is 19.5 Å². The Morgan fingerprint density at radius 2 is 1.79 bits per heavy atom. The maximum absolute atomic E-state index is 13.1. The molecular weight excluding hydrogens is 377 g/mol. The molecule has 3 rings (SSSR count). The topological polar surface area (TPSA) is 82.8 Å². The van der Waals surface area contributed by atoms with Crippen molar-refractivity contribution in [2.75, 3.05) is 20.6 Å². The van der Waals surface area contributed by atoms with Gasteiger partial charge in [0.05, 0.1) is 0 Å². The number of pyridine rings is 1. The second-order valence-corrected chi connectivity index (χ2v) is 7.65. The van der Waals surface area contributed by atoms with E-state index in [1.54, 1.807) is 40.1 Å². The molecule has 1 aliphatic heterocycles. The Labute approximate surface area is 168 Å². The molecule has 7 nitrogen and oxygen atoms in total. The Morgan fingerprint density at radius 3 is 2.34 bits per heavy atom. The minimum absolute atomic E-state index is 0.137. The van der Waals surface area contributed by atoms with Crippen LogP contribution in [0.4, 0.5) is 4.39 Å². The number of nitrogens with zero attached hydrogens (tertiary/aromatic N) is 3. The lowest BCUT2D eigenvalue weighted by Gasteiger charge is -2.33. The number of amides is 2. The first-order chi connectivity index (χ1) is 13.6. The monoisotopic (exact) mass is 401 g/mol. The molecule has 0 atom stereocenters. The highest BCUT2D eigenvalue weighted by molar-refractivity contribution is 6.00. The number of hydrogen-bond acceptors (Lipinski definition) is 4. The number of hydrogen-bond donors (Lipinski definition) is 1. The Kier molecular flexibility index (Phi) is 5.46. The fourth-order valence-corrected chi connectivity index (χ4v) is 3.58. The molecule has 8 heteroatoms. The number of carbonyl (C=O) groups is 2. The molecule has 0 bridgehead atoms. The Morgan fingerprint density at radius 1 is 1.17 bits per heavy atom. The number of benzene rings is 1. The van der Waals surface area contributed by atoms with Gasteiger partial charge >= 0.3 is 0 Å². The van der Waals surface area contributed by atoms with E-state index >= 15 is 0 Å². The van der Waals surface area contributed by atoms with Gasteiger partial charge in [-0.2, -0.15) is 0 Å². The first-order valence-corrected chi connectivity index (χ1v) is 9.38. The van der Waals surface area contributed by atoms with Crippen molar-refractivity contribution in [2.24, 2.45) is 0 Å². The van der Waals surface area contributed by atoms with Gasteiger partial charge in [0.15, 0.2) is 11.4 Å². The smallest absolute Gasteiger partial charge is 0.274 e. The minimum Gasteiger partial charge on any atom is -0.503 e. The number of carbonyl (C=O) groups excluding carboxylic acids is 2. The summed E-state index contributed by atoms with van der Waals surface area (Å²) in [6, 6.07) is 5.77. The van der Waals surface area contributed by atoms with E-state index in [-0.39, 0.29) is 48.3 Å². The Balaban J connectivity index is 2.12. The van der Waals surface area contributed by atoms with Crippen LogP contribution in [0.5, 0.6) is 5.75 Å². The molecular formula is C21H24FN3O4. The van der Waals surface area contributed by atoms with Gasteiger partial charge in [-0.3, -0.25) is 14.4 Å². The summed E-state index contributed by atoms with van der Waals surface area (Å²) in [5.74, 6) is -2.26. The van der Waals surface area contributed by atoms with E-state index in [1.807, 2.05) is 0 Å². The van der Waals surface area contributed by atoms with Crippen molar-refractivity contribution in [3.63, 3.8) is 0 Å². The van der Waals surface area contributed by atoms with Crippen LogP contribution < -0.4 is 5.43 Å². The average Bonchev–Trinajstić information content (AvgIpc) is 2.66. The maximum atomic E-state index is 13.1. The van der Waals surface area contributed by atoms with Gasteiger partial charge in [-0.05, 0) is 23.6 Å². The lowest BCUT2D eigenvalue weighted by molar-refractivity contribution is 0.0675. The second-order valence-electron chi connectivity index (χ2n) is 7.65. The Hall–Kier alpha value is -3.16. The molecule has 0 radical (unpaired) electrons. The summed E-state index contributed by atoms with van der Waals surface area (Å²) in [5.41, 5.74) is 0.173. The predicted octanol–water partition coefficient (Wildman–Crippen LogP) is 2.17. The van der Waals surface area contributed by atoms with E-state index in [0.717, 1.165) is 5.56 Å². The lowest BCUT2D eigenvalue weighted by Crippen LogP contribution is -2.44. The van der Waals surface area contributed by atoms with Crippen molar-refractivity contribution in [1.82, 2.24) is 14.4 Å². The van der Waals surface area contributed by atoms with Crippen molar-refractivity contribution < 1.29 is 19.1 Å². The molecule has 0 spiro atoms. The van der Waals surface area contributed by atoms with E-state index in [1.165, 1.54) is 26.5 Å². The molecule has 1 aromatic heterocycles. The van der Waals surface area contributed by atoms with Crippen molar-refractivity contribution in [3.05, 3.63) is 62.8 Å². The lowest BCUT2D eigenvalue weighted by atomic mass is 9.97. The quantitative estimate of drug-likeness (QED) is 0.851. The van der Waals surface area contributed by atoms with Gasteiger partial charge in [-0.25, -0.2) is 4.39 Å². The molecule has 1 N–H and O–H groups in total. The summed E-state index contributed by atoms with van der Waals surface area (Å²) in [5, 5.41) is 10.6. The highest BCUT2D eigenvalue weighted by atomic mass is 19.1. The first kappa shape index (κ1) is 20.6. The highest BCUT2D eigenvalue weighted by Crippen LogP contribution is 2.28. The zero-order valence-corrected chi connectivity index (χ0v) is 16.9. The van der Waals surface area contributed by atoms with Crippen LogP contribution in [0.3, 0.4) is 0 Å². The highest BCUT2D eigenvalue weighted by Gasteiger charge is 2.35. The molecule has 0 saturated heterocycles. The van der Waals surface area contributed by atoms with Gasteiger partial charge in [-0.15, -0.1) is 0 Å². The maximum Gasteiger partial charge on any atom is 0.274 e. The first-order valence-electron chi connectivity index (χ1n) is 9.38. The SMILES string of the molecule is CC(C)c1c(C(=O)N(C)C)n2c(c(O)c1=O)C(=O)N(Cc1ccc(F)cc1)CC2. The molecule has 2 heterocycles. The molecule has 0 aliphatic carbocycles. The molecule has 2 aromatic rings. The van der Waals surface area contributed by atoms with Gasteiger partial charge in [0.1, 0.15) is 11.5 Å². The summed E-state index contributed by atoms with van der Waals surface area (Å²) in [6.07, 6.45) is 0. The molecule has 2 amide bonds. The van der Waals surface area contributed by atoms with Crippen LogP contribution in [0.25, 0.3) is 0 Å². The normalized spacial score (nSPS) is 13.6. The number of halogens is 1. The summed E-state index contributed by atoms with van der Waals surface area (Å²) in [4.78, 5) is 41.6. The van der Waals surface area contributed by atoms with Gasteiger partial charge in [0.25, 0.3) is 11.8 Å². The van der Waals surface area contributed by atoms with E-state index in [0.29, 0.717) is 0 Å². The van der Waals surface area contributed by atoms with E-state index in [9.17, 15) is 23.9 Å². The third kappa shape index (κ3) is 3.62. The number of rotatable bonds is 4. The molecule has 0 fully saturated rings. The van der Waals surface area contributed by atoms with Crippen LogP contribution in [0.2, 0.25) is 0 Å². The van der Waals surface area contributed by atoms with Gasteiger partial charge in [0, 0.05) is 39.3 Å². The summed E-state index contributed by atoms with van der Waals surface area (Å²) < 4.78 is 14.6. The van der Waals surface area contributed by atoms with Crippen LogP contribution in [-0.4, -0.2) is 51.9 Å². The second kappa shape index (κ2) is 7.69. The van der Waals surface area contributed by atoms with Gasteiger partial charge in [0.2, 0.25) is 5.43 Å². The molecule has 0 saturated carbocycles. The Bertz CT molecular complexity index is 1030. The van der Waals surface area contributed by atoms with Crippen LogP contribution in [0.1, 0.15) is 51.9 Å². The fourth-order valence-electron chi connectivity index (χ4n) is 3.58. The molecule has 29 heavy (non-hydrogen) atoms. The number of aromatic hydroxyl groups is 1. The zero-order valence-electron chi connectivity index (χ0n) is 16.9. The van der Waals surface area contributed by atoms with Crippen molar-refractivity contribution in [2.45, 2.75) is 32.9 Å². The minimum atomic E-state index is -0.701. The van der Waals surface area contributed by atoms with Crippen LogP contribution in [0.15, 0.2) is 29.1 Å². The van der Waals surface area contributed by atoms with E-state index in [2.05, 4.69) is 0 Å². The molecule has 154 valence electrons. The zero-order chi connectivity index (χ0) is 21.5. The number of fused-ring (bicyclic) bond motifs is 1. The summed E-state index contributed by atoms with van der Waals surface area (Å²) in [7, 11) is 3.14. The van der Waals surface area contributed by atoms with E-state index in [4.69, 9.17) is 0 Å². The molecule has 1 aromatic carbocycles. The standard InChI is InChI=1S/C21H24FN3O4/c1-12(2)15-16(20(28)23(3)4)25-10-9-24(11-13-5-7-14(22)8-6-13)21(29)17(25)19(27)18(15)26/h5-8,12,27H,9-11H2,1-4H3. The van der Waals surface area contributed by atoms with Crippen LogP contribution >= 0.6 is 0 Å². The van der Waals surface area contributed by atoms with Crippen molar-refractivity contribution >= 4 is 11.8 Å². The number of aromatic nitrogens is 1.